The van der Waals surface area contributed by atoms with Gasteiger partial charge in [0.2, 0.25) is 11.8 Å². The molecule has 0 aromatic carbocycles. The molecule has 0 radical (unpaired) electrons. The van der Waals surface area contributed by atoms with Gasteiger partial charge in [-0.2, -0.15) is 0 Å². The van der Waals surface area contributed by atoms with Gasteiger partial charge < -0.3 is 15.0 Å². The van der Waals surface area contributed by atoms with E-state index in [2.05, 4.69) is 15.7 Å². The fourth-order valence-electron chi connectivity index (χ4n) is 2.88. The highest BCUT2D eigenvalue weighted by Crippen LogP contribution is 2.09. The molecule has 0 saturated carbocycles. The number of piperazine rings is 1. The molecular formula is C15H26N5O6+. The highest BCUT2D eigenvalue weighted by atomic mass is 16.7. The molecule has 1 atom stereocenters. The molecule has 2 saturated heterocycles. The van der Waals surface area contributed by atoms with Gasteiger partial charge >= 0.3 is 5.97 Å². The maximum absolute atomic E-state index is 12.2. The minimum atomic E-state index is -0.534. The third-order valence-electron chi connectivity index (χ3n) is 4.35. The van der Waals surface area contributed by atoms with E-state index in [0.717, 1.165) is 0 Å². The van der Waals surface area contributed by atoms with Gasteiger partial charge in [0, 0.05) is 37.9 Å². The van der Waals surface area contributed by atoms with Crippen molar-refractivity contribution in [2.75, 3.05) is 39.9 Å². The molecular weight excluding hydrogens is 346 g/mol. The van der Waals surface area contributed by atoms with Crippen LogP contribution in [0.3, 0.4) is 0 Å². The fraction of sp³-hybridized carbons (Fsp3) is 0.800. The van der Waals surface area contributed by atoms with Crippen LogP contribution in [0.5, 0.6) is 0 Å². The zero-order chi connectivity index (χ0) is 18.9. The van der Waals surface area contributed by atoms with Crippen molar-refractivity contribution in [1.29, 1.82) is 0 Å². The Morgan fingerprint density at radius 3 is 2.54 bits per heavy atom. The number of hydrazine groups is 2. The molecule has 0 spiro atoms. The van der Waals surface area contributed by atoms with E-state index in [-0.39, 0.29) is 24.2 Å². The highest BCUT2D eigenvalue weighted by Gasteiger charge is 2.29. The Labute approximate surface area is 151 Å². The number of nitroso groups, excluding NO2 is 1. The number of cyclic esters (lactones) is 1. The number of carbonyl (C=O) groups is 3. The summed E-state index contributed by atoms with van der Waals surface area (Å²) in [6.07, 6.45) is 2.32. The number of hydrogen-bond acceptors (Lipinski definition) is 6. The van der Waals surface area contributed by atoms with Crippen LogP contribution in [-0.2, 0) is 24.0 Å². The molecule has 2 amide bonds. The quantitative estimate of drug-likeness (QED) is 0.226. The van der Waals surface area contributed by atoms with Crippen LogP contribution in [0.25, 0.3) is 0 Å². The van der Waals surface area contributed by atoms with Crippen LogP contribution in [0.2, 0.25) is 0 Å². The van der Waals surface area contributed by atoms with Gasteiger partial charge in [-0.05, 0) is 12.8 Å². The van der Waals surface area contributed by atoms with Crippen LogP contribution in [0.4, 0.5) is 0 Å². The van der Waals surface area contributed by atoms with Crippen molar-refractivity contribution in [3.05, 3.63) is 4.91 Å². The molecule has 0 bridgehead atoms. The fourth-order valence-corrected chi connectivity index (χ4v) is 2.88. The molecule has 1 unspecified atom stereocenters. The Morgan fingerprint density at radius 1 is 1.23 bits per heavy atom. The summed E-state index contributed by atoms with van der Waals surface area (Å²) in [6.45, 7) is 2.12. The van der Waals surface area contributed by atoms with E-state index in [1.165, 1.54) is 12.1 Å². The van der Waals surface area contributed by atoms with Crippen molar-refractivity contribution in [3.8, 4) is 0 Å². The summed E-state index contributed by atoms with van der Waals surface area (Å²) in [5.74, 6) is -0.567. The molecule has 146 valence electrons. The molecule has 2 rings (SSSR count). The number of rotatable bonds is 9. The van der Waals surface area contributed by atoms with E-state index >= 15 is 0 Å². The lowest BCUT2D eigenvalue weighted by Gasteiger charge is -2.29. The van der Waals surface area contributed by atoms with Crippen LogP contribution in [0, 0.1) is 4.91 Å². The lowest BCUT2D eigenvalue weighted by Crippen LogP contribution is -2.54. The van der Waals surface area contributed by atoms with Gasteiger partial charge in [0.1, 0.15) is 6.04 Å². The second kappa shape index (κ2) is 9.90. The van der Waals surface area contributed by atoms with Crippen LogP contribution in [0.15, 0.2) is 0 Å². The number of hydrogen-bond donors (Lipinski definition) is 2. The summed E-state index contributed by atoms with van der Waals surface area (Å²) in [5, 5.41) is 4.15. The van der Waals surface area contributed by atoms with Gasteiger partial charge in [0.25, 0.3) is 4.98 Å². The molecule has 2 aliphatic heterocycles. The van der Waals surface area contributed by atoms with Gasteiger partial charge in [0.05, 0.1) is 31.7 Å². The number of ether oxygens (including phenoxy) is 1. The first kappa shape index (κ1) is 19.9. The van der Waals surface area contributed by atoms with Crippen LogP contribution in [-0.4, -0.2) is 78.6 Å². The summed E-state index contributed by atoms with van der Waals surface area (Å²) in [4.78, 5) is 53.5. The topological polar surface area (TPSA) is 120 Å². The number of carbonyl (C=O) groups excluding carboxylic acids is 3. The normalized spacial score (nSPS) is 19.9. The van der Waals surface area contributed by atoms with Crippen LogP contribution < -0.4 is 10.9 Å². The molecule has 2 heterocycles. The summed E-state index contributed by atoms with van der Waals surface area (Å²) < 4.78 is 4.79. The second-order valence-corrected chi connectivity index (χ2v) is 6.19. The Kier molecular flexibility index (Phi) is 7.57. The molecule has 0 aromatic heterocycles. The van der Waals surface area contributed by atoms with Crippen molar-refractivity contribution >= 4 is 17.8 Å². The number of nitrogens with zero attached hydrogens (tertiary/aromatic N) is 3. The van der Waals surface area contributed by atoms with E-state index in [4.69, 9.17) is 4.74 Å². The largest absolute Gasteiger partial charge is 0.464 e. The molecule has 2 N–H and O–H groups in total. The van der Waals surface area contributed by atoms with E-state index in [1.807, 2.05) is 0 Å². The molecule has 11 nitrogen and oxygen atoms in total. The van der Waals surface area contributed by atoms with E-state index < -0.39 is 6.04 Å². The maximum Gasteiger partial charge on any atom is 0.328 e. The monoisotopic (exact) mass is 372 g/mol. The average Bonchev–Trinajstić information content (AvgIpc) is 3.03. The van der Waals surface area contributed by atoms with Gasteiger partial charge in [0.15, 0.2) is 0 Å². The van der Waals surface area contributed by atoms with Crippen molar-refractivity contribution in [3.63, 3.8) is 0 Å². The van der Waals surface area contributed by atoms with E-state index in [9.17, 15) is 19.3 Å². The predicted octanol–water partition coefficient (Wildman–Crippen LogP) is -1.12. The van der Waals surface area contributed by atoms with Crippen molar-refractivity contribution in [2.24, 2.45) is 0 Å². The highest BCUT2D eigenvalue weighted by molar-refractivity contribution is 5.85. The number of amides is 2. The molecule has 11 heteroatoms. The third-order valence-corrected chi connectivity index (χ3v) is 4.35. The molecule has 2 fully saturated rings. The Balaban J connectivity index is 1.57. The minimum Gasteiger partial charge on any atom is -0.464 e. The van der Waals surface area contributed by atoms with Crippen molar-refractivity contribution in [1.82, 2.24) is 20.8 Å². The average molecular weight is 372 g/mol. The lowest BCUT2D eigenvalue weighted by atomic mass is 10.1. The summed E-state index contributed by atoms with van der Waals surface area (Å²) >= 11 is 0. The minimum absolute atomic E-state index is 0.0154. The third kappa shape index (κ3) is 5.83. The summed E-state index contributed by atoms with van der Waals surface area (Å²) in [6, 6.07) is -0.534. The lowest BCUT2D eigenvalue weighted by molar-refractivity contribution is -0.788. The Morgan fingerprint density at radius 2 is 1.92 bits per heavy atom. The SMILES string of the molecule is CON[N+](=O)N1CCN(C(=O)CCCCC(=O)NC2CCOC2=O)CC1. The van der Waals surface area contributed by atoms with E-state index in [0.29, 0.717) is 63.4 Å². The number of unbranched alkanes of at least 4 members (excludes halogenated alkanes) is 1. The zero-order valence-electron chi connectivity index (χ0n) is 14.9. The standard InChI is InChI=1S/C15H25N5O6/c1-25-17-20(24)19-9-7-18(8-10-19)14(22)5-3-2-4-13(21)16-12-6-11-26-15(12)23/h12H,2-11H2,1H3,(H-,16,17,21,24)/p+1. The molecule has 2 aliphatic rings. The van der Waals surface area contributed by atoms with Crippen molar-refractivity contribution < 1.29 is 28.9 Å². The number of nitrogens with one attached hydrogen (secondary N) is 2. The molecule has 0 aliphatic carbocycles. The Bertz CT molecular complexity index is 535. The van der Waals surface area contributed by atoms with E-state index in [1.54, 1.807) is 4.90 Å². The van der Waals surface area contributed by atoms with Gasteiger partial charge in [-0.1, -0.05) is 0 Å². The van der Waals surface area contributed by atoms with Crippen molar-refractivity contribution in [2.45, 2.75) is 38.1 Å². The Hall–Kier alpha value is -2.43. The first-order valence-electron chi connectivity index (χ1n) is 8.75. The molecule has 26 heavy (non-hydrogen) atoms. The summed E-state index contributed by atoms with van der Waals surface area (Å²) in [5.41, 5.74) is 2.17. The predicted molar refractivity (Wildman–Crippen MR) is 87.9 cm³/mol. The van der Waals surface area contributed by atoms with Crippen LogP contribution >= 0.6 is 0 Å². The summed E-state index contributed by atoms with van der Waals surface area (Å²) in [7, 11) is 1.35. The first-order chi connectivity index (χ1) is 12.5. The second-order valence-electron chi connectivity index (χ2n) is 6.19. The van der Waals surface area contributed by atoms with Gasteiger partial charge in [-0.25, -0.2) is 9.63 Å². The number of esters is 1. The molecule has 0 aromatic rings. The van der Waals surface area contributed by atoms with Gasteiger partial charge in [-0.3, -0.25) is 9.59 Å². The maximum atomic E-state index is 12.2. The smallest absolute Gasteiger partial charge is 0.328 e. The zero-order valence-corrected chi connectivity index (χ0v) is 14.9. The first-order valence-corrected chi connectivity index (χ1v) is 8.75. The van der Waals surface area contributed by atoms with Gasteiger partial charge in [-0.15, -0.1) is 5.01 Å². The van der Waals surface area contributed by atoms with Crippen LogP contribution in [0.1, 0.15) is 32.1 Å².